The van der Waals surface area contributed by atoms with Crippen molar-refractivity contribution in [2.24, 2.45) is 7.05 Å². The highest BCUT2D eigenvalue weighted by molar-refractivity contribution is 5.95. The molecule has 90 valence electrons. The van der Waals surface area contributed by atoms with Gasteiger partial charge in [0.1, 0.15) is 7.05 Å². The van der Waals surface area contributed by atoms with Crippen molar-refractivity contribution in [2.75, 3.05) is 0 Å². The molecule has 0 aliphatic carbocycles. The van der Waals surface area contributed by atoms with Gasteiger partial charge in [0.15, 0.2) is 6.20 Å². The molecule has 0 atom stereocenters. The smallest absolute Gasteiger partial charge is 0.212 e. The van der Waals surface area contributed by atoms with Crippen LogP contribution < -0.4 is 17.0 Å². The molecule has 0 aliphatic heterocycles. The Morgan fingerprint density at radius 2 is 1.50 bits per heavy atom. The van der Waals surface area contributed by atoms with Crippen molar-refractivity contribution in [2.45, 2.75) is 0 Å². The van der Waals surface area contributed by atoms with Crippen LogP contribution in [0.2, 0.25) is 0 Å². The van der Waals surface area contributed by atoms with E-state index in [1.807, 2.05) is 0 Å². The molecule has 2 aromatic carbocycles. The molecule has 0 radical (unpaired) electrons. The highest BCUT2D eigenvalue weighted by Crippen LogP contribution is 2.25. The quantitative estimate of drug-likeness (QED) is 0.552. The number of halogens is 1. The molecular formula is C16H14ClN. The highest BCUT2D eigenvalue weighted by atomic mass is 35.5. The largest absolute Gasteiger partial charge is 1.00 e. The minimum Gasteiger partial charge on any atom is -1.00 e. The molecular weight excluding hydrogens is 242 g/mol. The van der Waals surface area contributed by atoms with Gasteiger partial charge in [-0.1, -0.05) is 36.4 Å². The molecule has 0 unspecified atom stereocenters. The van der Waals surface area contributed by atoms with Crippen molar-refractivity contribution in [3.8, 4) is 11.3 Å². The van der Waals surface area contributed by atoms with Crippen LogP contribution in [0, 0.1) is 0 Å². The fourth-order valence-electron chi connectivity index (χ4n) is 2.25. The van der Waals surface area contributed by atoms with Crippen LogP contribution in [0.1, 0.15) is 0 Å². The molecule has 0 fully saturated rings. The van der Waals surface area contributed by atoms with E-state index in [-0.39, 0.29) is 12.4 Å². The average molecular weight is 256 g/mol. The molecule has 0 saturated carbocycles. The Morgan fingerprint density at radius 1 is 0.778 bits per heavy atom. The molecule has 0 spiro atoms. The summed E-state index contributed by atoms with van der Waals surface area (Å²) in [6.07, 6.45) is 2.08. The summed E-state index contributed by atoms with van der Waals surface area (Å²) in [5.41, 5.74) is 2.52. The summed E-state index contributed by atoms with van der Waals surface area (Å²) in [5.74, 6) is 0. The first-order chi connectivity index (χ1) is 8.36. The Bertz CT molecular complexity index is 671. The Kier molecular flexibility index (Phi) is 3.63. The fraction of sp³-hybridized carbons (Fsp3) is 0.0625. The third kappa shape index (κ3) is 2.09. The molecule has 1 heterocycles. The van der Waals surface area contributed by atoms with Crippen molar-refractivity contribution in [1.82, 2.24) is 0 Å². The zero-order chi connectivity index (χ0) is 11.7. The molecule has 0 N–H and O–H groups in total. The minimum atomic E-state index is 0. The van der Waals surface area contributed by atoms with Gasteiger partial charge in [-0.25, -0.2) is 4.57 Å². The summed E-state index contributed by atoms with van der Waals surface area (Å²) in [5, 5.41) is 2.59. The number of aromatic nitrogens is 1. The van der Waals surface area contributed by atoms with Crippen LogP contribution in [0.4, 0.5) is 0 Å². The number of hydrogen-bond acceptors (Lipinski definition) is 0. The summed E-state index contributed by atoms with van der Waals surface area (Å²) >= 11 is 0. The normalized spacial score (nSPS) is 10.1. The Morgan fingerprint density at radius 3 is 2.33 bits per heavy atom. The van der Waals surface area contributed by atoms with Crippen LogP contribution in [0.25, 0.3) is 22.0 Å². The van der Waals surface area contributed by atoms with Crippen LogP contribution in [0.3, 0.4) is 0 Å². The summed E-state index contributed by atoms with van der Waals surface area (Å²) in [7, 11) is 2.08. The van der Waals surface area contributed by atoms with E-state index in [0.29, 0.717) is 0 Å². The Balaban J connectivity index is 0.00000120. The molecule has 3 rings (SSSR count). The summed E-state index contributed by atoms with van der Waals surface area (Å²) in [4.78, 5) is 0. The van der Waals surface area contributed by atoms with E-state index < -0.39 is 0 Å². The van der Waals surface area contributed by atoms with Gasteiger partial charge in [-0.3, -0.25) is 0 Å². The van der Waals surface area contributed by atoms with Crippen LogP contribution in [-0.4, -0.2) is 0 Å². The number of hydrogen-bond donors (Lipinski definition) is 0. The van der Waals surface area contributed by atoms with Crippen LogP contribution in [0.5, 0.6) is 0 Å². The van der Waals surface area contributed by atoms with Crippen molar-refractivity contribution >= 4 is 10.8 Å². The first kappa shape index (κ1) is 12.6. The molecule has 1 aromatic heterocycles. The topological polar surface area (TPSA) is 3.88 Å². The predicted molar refractivity (Wildman–Crippen MR) is 70.6 cm³/mol. The molecule has 0 saturated heterocycles. The summed E-state index contributed by atoms with van der Waals surface area (Å²) < 4.78 is 2.15. The van der Waals surface area contributed by atoms with Gasteiger partial charge in [0.25, 0.3) is 0 Å². The van der Waals surface area contributed by atoms with Gasteiger partial charge in [-0.15, -0.1) is 0 Å². The second kappa shape index (κ2) is 5.19. The predicted octanol–water partition coefficient (Wildman–Crippen LogP) is 0.335. The van der Waals surface area contributed by atoms with E-state index in [9.17, 15) is 0 Å². The molecule has 3 aromatic rings. The zero-order valence-electron chi connectivity index (χ0n) is 10.2. The number of aryl methyl sites for hydroxylation is 1. The number of pyridine rings is 1. The van der Waals surface area contributed by atoms with Crippen LogP contribution in [-0.2, 0) is 7.05 Å². The second-order valence-electron chi connectivity index (χ2n) is 4.22. The van der Waals surface area contributed by atoms with Crippen molar-refractivity contribution in [1.29, 1.82) is 0 Å². The highest BCUT2D eigenvalue weighted by Gasteiger charge is 2.10. The van der Waals surface area contributed by atoms with Gasteiger partial charge < -0.3 is 12.4 Å². The van der Waals surface area contributed by atoms with E-state index in [1.54, 1.807) is 0 Å². The average Bonchev–Trinajstić information content (AvgIpc) is 2.39. The van der Waals surface area contributed by atoms with Crippen LogP contribution in [0.15, 0.2) is 66.9 Å². The number of fused-ring (bicyclic) bond motifs is 1. The van der Waals surface area contributed by atoms with Crippen molar-refractivity contribution in [3.05, 3.63) is 66.9 Å². The second-order valence-corrected chi connectivity index (χ2v) is 4.22. The van der Waals surface area contributed by atoms with E-state index >= 15 is 0 Å². The lowest BCUT2D eigenvalue weighted by Gasteiger charge is -2.04. The van der Waals surface area contributed by atoms with E-state index in [2.05, 4.69) is 78.5 Å². The Labute approximate surface area is 113 Å². The first-order valence-corrected chi connectivity index (χ1v) is 5.79. The van der Waals surface area contributed by atoms with E-state index in [1.165, 1.54) is 22.0 Å². The maximum Gasteiger partial charge on any atom is 0.212 e. The molecule has 2 heteroatoms. The van der Waals surface area contributed by atoms with E-state index in [4.69, 9.17) is 0 Å². The minimum absolute atomic E-state index is 0. The zero-order valence-corrected chi connectivity index (χ0v) is 10.9. The number of benzene rings is 2. The lowest BCUT2D eigenvalue weighted by molar-refractivity contribution is -0.660. The molecule has 0 aliphatic rings. The van der Waals surface area contributed by atoms with Gasteiger partial charge in [0.05, 0.1) is 5.56 Å². The van der Waals surface area contributed by atoms with Gasteiger partial charge in [-0.05, 0) is 22.9 Å². The molecule has 0 amide bonds. The Hall–Kier alpha value is -1.86. The van der Waals surface area contributed by atoms with E-state index in [0.717, 1.165) is 0 Å². The molecule has 1 nitrogen and oxygen atoms in total. The fourth-order valence-corrected chi connectivity index (χ4v) is 2.25. The third-order valence-electron chi connectivity index (χ3n) is 3.12. The summed E-state index contributed by atoms with van der Waals surface area (Å²) in [6, 6.07) is 21.2. The van der Waals surface area contributed by atoms with Crippen molar-refractivity contribution in [3.63, 3.8) is 0 Å². The number of nitrogens with zero attached hydrogens (tertiary/aromatic N) is 1. The molecule has 18 heavy (non-hydrogen) atoms. The van der Waals surface area contributed by atoms with Gasteiger partial charge >= 0.3 is 0 Å². The number of rotatable bonds is 1. The standard InChI is InChI=1S/C16H14N.ClH/c1-17-12-5-4-11-16(17)15-10-6-8-13-7-2-3-9-14(13)15;/h2-12H,1H3;1H/q+1;/p-1. The van der Waals surface area contributed by atoms with Crippen LogP contribution >= 0.6 is 0 Å². The molecule has 0 bridgehead atoms. The van der Waals surface area contributed by atoms with Gasteiger partial charge in [-0.2, -0.15) is 0 Å². The first-order valence-electron chi connectivity index (χ1n) is 5.79. The lowest BCUT2D eigenvalue weighted by atomic mass is 10.0. The van der Waals surface area contributed by atoms with Gasteiger partial charge in [0.2, 0.25) is 5.69 Å². The SMILES string of the molecule is C[n+]1ccccc1-c1cccc2ccccc12.[Cl-]. The maximum atomic E-state index is 2.18. The van der Waals surface area contributed by atoms with Gasteiger partial charge in [0, 0.05) is 12.1 Å². The van der Waals surface area contributed by atoms with Crippen molar-refractivity contribution < 1.29 is 17.0 Å². The summed E-state index contributed by atoms with van der Waals surface area (Å²) in [6.45, 7) is 0. The third-order valence-corrected chi connectivity index (χ3v) is 3.12. The monoisotopic (exact) mass is 255 g/mol. The lowest BCUT2D eigenvalue weighted by Crippen LogP contribution is -3.00. The maximum absolute atomic E-state index is 2.18.